The van der Waals surface area contributed by atoms with E-state index in [1.165, 1.54) is 134 Å². The van der Waals surface area contributed by atoms with Gasteiger partial charge in [0.1, 0.15) is 0 Å². The first-order valence-corrected chi connectivity index (χ1v) is 12.5. The zero-order valence-corrected chi connectivity index (χ0v) is 18.4. The normalized spacial score (nSPS) is 26.4. The number of hydrogen-bond acceptors (Lipinski definition) is 1. The number of nitrogens with two attached hydrogens (primary N) is 1. The summed E-state index contributed by atoms with van der Waals surface area (Å²) in [7, 11) is 0. The highest BCUT2D eigenvalue weighted by Crippen LogP contribution is 2.33. The molecule has 0 aromatic heterocycles. The van der Waals surface area contributed by atoms with E-state index in [1.54, 1.807) is 16.7 Å². The molecule has 0 spiro atoms. The summed E-state index contributed by atoms with van der Waals surface area (Å²) in [6.07, 6.45) is 28.7. The third-order valence-corrected chi connectivity index (χ3v) is 6.88. The van der Waals surface area contributed by atoms with Crippen molar-refractivity contribution < 1.29 is 0 Å². The second-order valence-corrected chi connectivity index (χ2v) is 9.10. The van der Waals surface area contributed by atoms with Crippen LogP contribution < -0.4 is 5.73 Å². The summed E-state index contributed by atoms with van der Waals surface area (Å²) >= 11 is 0. The fourth-order valence-electron chi connectivity index (χ4n) is 5.12. The monoisotopic (exact) mass is 373 g/mol. The van der Waals surface area contributed by atoms with Crippen molar-refractivity contribution in [1.29, 1.82) is 0 Å². The van der Waals surface area contributed by atoms with Crippen molar-refractivity contribution in [2.24, 2.45) is 5.73 Å². The zero-order valence-electron chi connectivity index (χ0n) is 18.4. The molecule has 0 amide bonds. The van der Waals surface area contributed by atoms with Gasteiger partial charge in [-0.3, -0.25) is 0 Å². The van der Waals surface area contributed by atoms with Crippen LogP contribution in [0, 0.1) is 0 Å². The van der Waals surface area contributed by atoms with Gasteiger partial charge in [0.25, 0.3) is 0 Å². The predicted molar refractivity (Wildman–Crippen MR) is 121 cm³/mol. The molecule has 1 heteroatoms. The molecule has 0 unspecified atom stereocenters. The minimum absolute atomic E-state index is 1.13. The van der Waals surface area contributed by atoms with E-state index in [0.29, 0.717) is 0 Å². The highest BCUT2D eigenvalue weighted by molar-refractivity contribution is 5.38. The van der Waals surface area contributed by atoms with Gasteiger partial charge in [0.15, 0.2) is 0 Å². The molecule has 0 aromatic carbocycles. The minimum Gasteiger partial charge on any atom is -0.402 e. The Balaban J connectivity index is 2.21. The van der Waals surface area contributed by atoms with Crippen molar-refractivity contribution in [3.8, 4) is 0 Å². The first-order valence-electron chi connectivity index (χ1n) is 12.5. The quantitative estimate of drug-likeness (QED) is 0.514. The standard InChI is InChI=1S/C26H47N/c1-2-23-19-15-11-7-4-3-5-8-12-16-20-24(23)25-21-17-13-9-6-10-14-18-22-26(25)27/h2-22,27H2,1H3/b24-23+,26-25?. The molecule has 156 valence electrons. The van der Waals surface area contributed by atoms with Crippen LogP contribution in [0.3, 0.4) is 0 Å². The summed E-state index contributed by atoms with van der Waals surface area (Å²) in [6.45, 7) is 2.38. The lowest BCUT2D eigenvalue weighted by atomic mass is 9.86. The van der Waals surface area contributed by atoms with E-state index in [-0.39, 0.29) is 0 Å². The molecule has 2 aliphatic carbocycles. The molecule has 2 rings (SSSR count). The maximum atomic E-state index is 6.75. The van der Waals surface area contributed by atoms with E-state index in [9.17, 15) is 0 Å². The van der Waals surface area contributed by atoms with Crippen LogP contribution >= 0.6 is 0 Å². The van der Waals surface area contributed by atoms with Gasteiger partial charge in [-0.25, -0.2) is 0 Å². The molecular weight excluding hydrogens is 326 g/mol. The van der Waals surface area contributed by atoms with E-state index >= 15 is 0 Å². The SMILES string of the molecule is CC/C1=C(\C2=C(N)CCCCCCCCC2)CCCCCCCCCCC1. The van der Waals surface area contributed by atoms with Gasteiger partial charge in [0.2, 0.25) is 0 Å². The average molecular weight is 374 g/mol. The Morgan fingerprint density at radius 2 is 0.852 bits per heavy atom. The lowest BCUT2D eigenvalue weighted by molar-refractivity contribution is 0.562. The van der Waals surface area contributed by atoms with Crippen LogP contribution in [0.5, 0.6) is 0 Å². The molecule has 0 aliphatic heterocycles. The summed E-state index contributed by atoms with van der Waals surface area (Å²) in [6, 6.07) is 0. The van der Waals surface area contributed by atoms with E-state index in [1.807, 2.05) is 0 Å². The maximum absolute atomic E-state index is 6.75. The van der Waals surface area contributed by atoms with E-state index in [0.717, 1.165) is 6.42 Å². The highest BCUT2D eigenvalue weighted by Gasteiger charge is 2.15. The van der Waals surface area contributed by atoms with Gasteiger partial charge in [0, 0.05) is 5.70 Å². The Bertz CT molecular complexity index is 457. The number of rotatable bonds is 2. The van der Waals surface area contributed by atoms with Gasteiger partial charge in [0.05, 0.1) is 0 Å². The maximum Gasteiger partial charge on any atom is 0.0116 e. The van der Waals surface area contributed by atoms with Crippen molar-refractivity contribution in [3.05, 3.63) is 22.4 Å². The topological polar surface area (TPSA) is 26.0 Å². The van der Waals surface area contributed by atoms with Crippen LogP contribution in [-0.2, 0) is 0 Å². The van der Waals surface area contributed by atoms with Crippen LogP contribution in [0.2, 0.25) is 0 Å². The molecule has 0 saturated carbocycles. The van der Waals surface area contributed by atoms with Crippen LogP contribution in [0.25, 0.3) is 0 Å². The zero-order chi connectivity index (χ0) is 19.2. The Labute approximate surface area is 170 Å². The molecule has 0 fully saturated rings. The molecule has 1 nitrogen and oxygen atoms in total. The summed E-state index contributed by atoms with van der Waals surface area (Å²) in [5.41, 5.74) is 13.1. The summed E-state index contributed by atoms with van der Waals surface area (Å²) < 4.78 is 0. The van der Waals surface area contributed by atoms with Crippen LogP contribution in [0.1, 0.15) is 142 Å². The summed E-state index contributed by atoms with van der Waals surface area (Å²) in [5.74, 6) is 0. The van der Waals surface area contributed by atoms with Gasteiger partial charge in [-0.15, -0.1) is 0 Å². The molecule has 0 saturated heterocycles. The van der Waals surface area contributed by atoms with Gasteiger partial charge in [-0.05, 0) is 68.9 Å². The first-order chi connectivity index (χ1) is 13.3. The molecule has 0 atom stereocenters. The molecule has 0 bridgehead atoms. The minimum atomic E-state index is 1.13. The third kappa shape index (κ3) is 8.88. The molecule has 0 radical (unpaired) electrons. The van der Waals surface area contributed by atoms with Crippen LogP contribution in [0.15, 0.2) is 22.4 Å². The predicted octanol–water partition coefficient (Wildman–Crippen LogP) is 8.74. The smallest absolute Gasteiger partial charge is 0.0116 e. The highest BCUT2D eigenvalue weighted by atomic mass is 14.6. The van der Waals surface area contributed by atoms with Crippen LogP contribution in [0.4, 0.5) is 0 Å². The largest absolute Gasteiger partial charge is 0.402 e. The van der Waals surface area contributed by atoms with E-state index < -0.39 is 0 Å². The lowest BCUT2D eigenvalue weighted by Crippen LogP contribution is -2.08. The summed E-state index contributed by atoms with van der Waals surface area (Å²) in [4.78, 5) is 0. The van der Waals surface area contributed by atoms with Gasteiger partial charge in [-0.2, -0.15) is 0 Å². The van der Waals surface area contributed by atoms with Gasteiger partial charge < -0.3 is 5.73 Å². The fraction of sp³-hybridized carbons (Fsp3) is 0.846. The average Bonchev–Trinajstić information content (AvgIpc) is 2.70. The number of allylic oxidation sites excluding steroid dienone is 4. The second kappa shape index (κ2) is 14.3. The summed E-state index contributed by atoms with van der Waals surface area (Å²) in [5, 5.41) is 0. The Morgan fingerprint density at radius 3 is 1.33 bits per heavy atom. The molecule has 2 aliphatic rings. The van der Waals surface area contributed by atoms with Gasteiger partial charge in [-0.1, -0.05) is 89.5 Å². The fourth-order valence-corrected chi connectivity index (χ4v) is 5.12. The third-order valence-electron chi connectivity index (χ3n) is 6.88. The Kier molecular flexibility index (Phi) is 12.0. The van der Waals surface area contributed by atoms with Crippen molar-refractivity contribution in [2.45, 2.75) is 142 Å². The molecular formula is C26H47N. The van der Waals surface area contributed by atoms with Crippen molar-refractivity contribution in [1.82, 2.24) is 0 Å². The lowest BCUT2D eigenvalue weighted by Gasteiger charge is -2.21. The first kappa shape index (κ1) is 22.6. The van der Waals surface area contributed by atoms with Crippen molar-refractivity contribution >= 4 is 0 Å². The Hall–Kier alpha value is -0.720. The van der Waals surface area contributed by atoms with Crippen LogP contribution in [-0.4, -0.2) is 0 Å². The molecule has 0 heterocycles. The second-order valence-electron chi connectivity index (χ2n) is 9.10. The van der Waals surface area contributed by atoms with Crippen molar-refractivity contribution in [3.63, 3.8) is 0 Å². The molecule has 2 N–H and O–H groups in total. The Morgan fingerprint density at radius 1 is 0.481 bits per heavy atom. The van der Waals surface area contributed by atoms with Crippen molar-refractivity contribution in [2.75, 3.05) is 0 Å². The van der Waals surface area contributed by atoms with E-state index in [4.69, 9.17) is 5.73 Å². The van der Waals surface area contributed by atoms with E-state index in [2.05, 4.69) is 6.92 Å². The molecule has 0 aromatic rings. The molecule has 27 heavy (non-hydrogen) atoms. The number of hydrogen-bond donors (Lipinski definition) is 1. The van der Waals surface area contributed by atoms with Gasteiger partial charge >= 0.3 is 0 Å².